The molecule has 0 aromatic heterocycles. The molecule has 0 aromatic carbocycles. The number of nitrogens with one attached hydrogen (secondary N) is 1. The molecule has 0 bridgehead atoms. The molecule has 0 radical (unpaired) electrons. The summed E-state index contributed by atoms with van der Waals surface area (Å²) in [5, 5.41) is 3.60. The lowest BCUT2D eigenvalue weighted by Crippen LogP contribution is -2.36. The number of hydrogen-bond donors (Lipinski definition) is 1. The summed E-state index contributed by atoms with van der Waals surface area (Å²) in [5.41, 5.74) is 0. The van der Waals surface area contributed by atoms with Gasteiger partial charge in [0, 0.05) is 18.6 Å². The summed E-state index contributed by atoms with van der Waals surface area (Å²) in [7, 11) is 0. The van der Waals surface area contributed by atoms with Crippen molar-refractivity contribution in [3.05, 3.63) is 0 Å². The van der Waals surface area contributed by atoms with E-state index in [1.165, 1.54) is 25.7 Å². The molecule has 1 heterocycles. The minimum absolute atomic E-state index is 0.599. The first kappa shape index (κ1) is 12.3. The lowest BCUT2D eigenvalue weighted by molar-refractivity contribution is 0.0704. The lowest BCUT2D eigenvalue weighted by atomic mass is 10.1. The van der Waals surface area contributed by atoms with Crippen LogP contribution in [0.15, 0.2) is 0 Å². The van der Waals surface area contributed by atoms with Gasteiger partial charge in [-0.15, -0.1) is 0 Å². The molecular formula is C13H25NO2. The van der Waals surface area contributed by atoms with E-state index in [1.54, 1.807) is 0 Å². The Kier molecular flexibility index (Phi) is 5.07. The highest BCUT2D eigenvalue weighted by Gasteiger charge is 2.31. The van der Waals surface area contributed by atoms with Crippen LogP contribution in [0.3, 0.4) is 0 Å². The molecule has 0 amide bonds. The van der Waals surface area contributed by atoms with Gasteiger partial charge in [-0.1, -0.05) is 6.92 Å². The third kappa shape index (κ3) is 4.04. The average Bonchev–Trinajstić information content (AvgIpc) is 3.01. The molecule has 1 saturated carbocycles. The fourth-order valence-electron chi connectivity index (χ4n) is 2.27. The quantitative estimate of drug-likeness (QED) is 0.686. The van der Waals surface area contributed by atoms with E-state index in [9.17, 15) is 0 Å². The van der Waals surface area contributed by atoms with Gasteiger partial charge >= 0.3 is 0 Å². The smallest absolute Gasteiger partial charge is 0.0622 e. The molecule has 1 N–H and O–H groups in total. The van der Waals surface area contributed by atoms with Crippen LogP contribution in [-0.2, 0) is 9.47 Å². The first-order chi connectivity index (χ1) is 7.90. The van der Waals surface area contributed by atoms with Gasteiger partial charge in [0.25, 0.3) is 0 Å². The zero-order chi connectivity index (χ0) is 11.2. The highest BCUT2D eigenvalue weighted by Crippen LogP contribution is 2.32. The summed E-state index contributed by atoms with van der Waals surface area (Å²) >= 11 is 0. The molecule has 2 fully saturated rings. The van der Waals surface area contributed by atoms with E-state index in [-0.39, 0.29) is 0 Å². The summed E-state index contributed by atoms with van der Waals surface area (Å²) < 4.78 is 11.2. The summed E-state index contributed by atoms with van der Waals surface area (Å²) in [5.74, 6) is 1.53. The maximum absolute atomic E-state index is 5.84. The largest absolute Gasteiger partial charge is 0.381 e. The maximum Gasteiger partial charge on any atom is 0.0622 e. The molecule has 2 aliphatic rings. The van der Waals surface area contributed by atoms with Crippen LogP contribution in [0.25, 0.3) is 0 Å². The zero-order valence-corrected chi connectivity index (χ0v) is 10.4. The molecule has 0 spiro atoms. The Labute approximate surface area is 98.9 Å². The second-order valence-corrected chi connectivity index (χ2v) is 5.17. The summed E-state index contributed by atoms with van der Waals surface area (Å²) in [6, 6.07) is 0.599. The van der Waals surface area contributed by atoms with Gasteiger partial charge in [-0.3, -0.25) is 0 Å². The highest BCUT2D eigenvalue weighted by atomic mass is 16.5. The van der Waals surface area contributed by atoms with Crippen molar-refractivity contribution >= 4 is 0 Å². The van der Waals surface area contributed by atoms with Crippen LogP contribution in [0, 0.1) is 11.8 Å². The third-order valence-electron chi connectivity index (χ3n) is 3.52. The fourth-order valence-corrected chi connectivity index (χ4v) is 2.27. The molecule has 2 rings (SSSR count). The van der Waals surface area contributed by atoms with Crippen LogP contribution in [0.4, 0.5) is 0 Å². The summed E-state index contributed by atoms with van der Waals surface area (Å²) in [4.78, 5) is 0. The molecule has 3 heteroatoms. The van der Waals surface area contributed by atoms with Crippen molar-refractivity contribution in [1.29, 1.82) is 0 Å². The van der Waals surface area contributed by atoms with E-state index in [4.69, 9.17) is 9.47 Å². The Morgan fingerprint density at radius 3 is 2.88 bits per heavy atom. The molecule has 16 heavy (non-hydrogen) atoms. The van der Waals surface area contributed by atoms with Gasteiger partial charge in [-0.25, -0.2) is 0 Å². The molecule has 0 aromatic rings. The van der Waals surface area contributed by atoms with Crippen LogP contribution in [-0.4, -0.2) is 39.0 Å². The van der Waals surface area contributed by atoms with Crippen molar-refractivity contribution in [1.82, 2.24) is 5.32 Å². The SMILES string of the molecule is CCCNC(COCC1CCOC1)C1CC1. The average molecular weight is 227 g/mol. The van der Waals surface area contributed by atoms with Crippen LogP contribution < -0.4 is 5.32 Å². The van der Waals surface area contributed by atoms with Crippen molar-refractivity contribution in [3.63, 3.8) is 0 Å². The van der Waals surface area contributed by atoms with Crippen molar-refractivity contribution in [2.24, 2.45) is 11.8 Å². The molecule has 1 aliphatic carbocycles. The van der Waals surface area contributed by atoms with Gasteiger partial charge in [0.05, 0.1) is 19.8 Å². The Morgan fingerprint density at radius 1 is 1.38 bits per heavy atom. The van der Waals surface area contributed by atoms with Crippen LogP contribution in [0.5, 0.6) is 0 Å². The molecule has 1 aliphatic heterocycles. The number of hydrogen-bond acceptors (Lipinski definition) is 3. The van der Waals surface area contributed by atoms with Crippen molar-refractivity contribution in [2.75, 3.05) is 33.0 Å². The maximum atomic E-state index is 5.84. The van der Waals surface area contributed by atoms with E-state index in [0.717, 1.165) is 38.9 Å². The molecule has 94 valence electrons. The minimum atomic E-state index is 0.599. The fraction of sp³-hybridized carbons (Fsp3) is 1.00. The lowest BCUT2D eigenvalue weighted by Gasteiger charge is -2.19. The first-order valence-electron chi connectivity index (χ1n) is 6.79. The van der Waals surface area contributed by atoms with Gasteiger partial charge in [0.15, 0.2) is 0 Å². The minimum Gasteiger partial charge on any atom is -0.381 e. The van der Waals surface area contributed by atoms with Crippen LogP contribution in [0.2, 0.25) is 0 Å². The normalized spacial score (nSPS) is 27.2. The van der Waals surface area contributed by atoms with Crippen molar-refractivity contribution in [2.45, 2.75) is 38.6 Å². The number of rotatable bonds is 8. The molecule has 3 nitrogen and oxygen atoms in total. The molecule has 2 unspecified atom stereocenters. The Bertz CT molecular complexity index is 188. The Balaban J connectivity index is 1.57. The first-order valence-corrected chi connectivity index (χ1v) is 6.79. The molecule has 1 saturated heterocycles. The van der Waals surface area contributed by atoms with E-state index in [2.05, 4.69) is 12.2 Å². The number of ether oxygens (including phenoxy) is 2. The predicted molar refractivity (Wildman–Crippen MR) is 64.6 cm³/mol. The van der Waals surface area contributed by atoms with Gasteiger partial charge in [-0.2, -0.15) is 0 Å². The van der Waals surface area contributed by atoms with E-state index in [0.29, 0.717) is 12.0 Å². The Morgan fingerprint density at radius 2 is 2.25 bits per heavy atom. The van der Waals surface area contributed by atoms with Gasteiger partial charge in [0.2, 0.25) is 0 Å². The second kappa shape index (κ2) is 6.58. The topological polar surface area (TPSA) is 30.5 Å². The van der Waals surface area contributed by atoms with Crippen LogP contribution in [0.1, 0.15) is 32.6 Å². The highest BCUT2D eigenvalue weighted by molar-refractivity contribution is 4.86. The van der Waals surface area contributed by atoms with Crippen molar-refractivity contribution < 1.29 is 9.47 Å². The second-order valence-electron chi connectivity index (χ2n) is 5.17. The van der Waals surface area contributed by atoms with Gasteiger partial charge in [0.1, 0.15) is 0 Å². The van der Waals surface area contributed by atoms with E-state index in [1.807, 2.05) is 0 Å². The third-order valence-corrected chi connectivity index (χ3v) is 3.52. The van der Waals surface area contributed by atoms with Gasteiger partial charge < -0.3 is 14.8 Å². The molecule has 2 atom stereocenters. The monoisotopic (exact) mass is 227 g/mol. The van der Waals surface area contributed by atoms with E-state index >= 15 is 0 Å². The standard InChI is InChI=1S/C13H25NO2/c1-2-6-14-13(12-3-4-12)10-16-9-11-5-7-15-8-11/h11-14H,2-10H2,1H3. The van der Waals surface area contributed by atoms with Crippen LogP contribution >= 0.6 is 0 Å². The van der Waals surface area contributed by atoms with Gasteiger partial charge in [-0.05, 0) is 38.1 Å². The summed E-state index contributed by atoms with van der Waals surface area (Å²) in [6.07, 6.45) is 5.16. The zero-order valence-electron chi connectivity index (χ0n) is 10.4. The Hall–Kier alpha value is -0.120. The van der Waals surface area contributed by atoms with Crippen molar-refractivity contribution in [3.8, 4) is 0 Å². The predicted octanol–water partition coefficient (Wildman–Crippen LogP) is 1.82. The molecular weight excluding hydrogens is 202 g/mol. The summed E-state index contributed by atoms with van der Waals surface area (Å²) in [6.45, 7) is 6.94. The van der Waals surface area contributed by atoms with E-state index < -0.39 is 0 Å².